The van der Waals surface area contributed by atoms with Gasteiger partial charge >= 0.3 is 5.97 Å². The maximum Gasteiger partial charge on any atom is 0.332 e. The Balaban J connectivity index is 2.95. The summed E-state index contributed by atoms with van der Waals surface area (Å²) in [7, 11) is 2.83. The molecule has 0 amide bonds. The molecule has 4 nitrogen and oxygen atoms in total. The highest BCUT2D eigenvalue weighted by atomic mass is 79.9. The van der Waals surface area contributed by atoms with Gasteiger partial charge < -0.3 is 9.47 Å². The van der Waals surface area contributed by atoms with Crippen LogP contribution in [-0.4, -0.2) is 37.3 Å². The van der Waals surface area contributed by atoms with Crippen LogP contribution < -0.4 is 0 Å². The molecule has 0 radical (unpaired) electrons. The van der Waals surface area contributed by atoms with Gasteiger partial charge in [0.05, 0.1) is 20.8 Å². The van der Waals surface area contributed by atoms with Crippen molar-refractivity contribution in [1.82, 2.24) is 0 Å². The van der Waals surface area contributed by atoms with Crippen molar-refractivity contribution < 1.29 is 14.3 Å². The molecule has 0 N–H and O–H groups in total. The first-order chi connectivity index (χ1) is 6.15. The highest BCUT2D eigenvalue weighted by Crippen LogP contribution is 2.31. The number of carbonyl (C=O) groups is 1. The summed E-state index contributed by atoms with van der Waals surface area (Å²) in [6.45, 7) is 0.291. The average molecular weight is 248 g/mol. The largest absolute Gasteiger partial charge is 0.499 e. The van der Waals surface area contributed by atoms with Crippen molar-refractivity contribution in [3.05, 3.63) is 11.8 Å². The number of hydrogen-bond acceptors (Lipinski definition) is 4. The maximum atomic E-state index is 11.4. The van der Waals surface area contributed by atoms with Crippen molar-refractivity contribution >= 4 is 28.1 Å². The highest BCUT2D eigenvalue weighted by molar-refractivity contribution is 9.10. The van der Waals surface area contributed by atoms with Crippen LogP contribution in [0.2, 0.25) is 0 Å². The van der Waals surface area contributed by atoms with E-state index in [0.717, 1.165) is 0 Å². The van der Waals surface area contributed by atoms with E-state index in [2.05, 4.69) is 25.7 Å². The molecular weight excluding hydrogens is 238 g/mol. The number of ether oxygens (including phenoxy) is 2. The molecule has 0 spiro atoms. The number of alkyl halides is 1. The van der Waals surface area contributed by atoms with E-state index in [-0.39, 0.29) is 0 Å². The van der Waals surface area contributed by atoms with Gasteiger partial charge in [-0.25, -0.2) is 4.79 Å². The van der Waals surface area contributed by atoms with Crippen LogP contribution in [0.1, 0.15) is 0 Å². The molecule has 0 aromatic rings. The summed E-state index contributed by atoms with van der Waals surface area (Å²) in [5.74, 6) is 0.104. The Morgan fingerprint density at radius 2 is 2.38 bits per heavy atom. The zero-order valence-corrected chi connectivity index (χ0v) is 9.00. The summed E-state index contributed by atoms with van der Waals surface area (Å²) in [4.78, 5) is 15.4. The molecule has 1 heterocycles. The first-order valence-electron chi connectivity index (χ1n) is 3.67. The van der Waals surface area contributed by atoms with Crippen LogP contribution in [0.5, 0.6) is 0 Å². The molecule has 0 fully saturated rings. The third kappa shape index (κ3) is 1.75. The number of allylic oxidation sites excluding steroid dienone is 1. The van der Waals surface area contributed by atoms with Gasteiger partial charge in [-0.15, -0.1) is 0 Å². The predicted octanol–water partition coefficient (Wildman–Crippen LogP) is 0.908. The molecule has 5 heteroatoms. The number of hydrogen-bond donors (Lipinski definition) is 0. The molecule has 1 atom stereocenters. The van der Waals surface area contributed by atoms with E-state index >= 15 is 0 Å². The van der Waals surface area contributed by atoms with Crippen LogP contribution in [0.4, 0.5) is 0 Å². The minimum atomic E-state index is -0.953. The fraction of sp³-hybridized carbons (Fsp3) is 0.500. The van der Waals surface area contributed by atoms with Gasteiger partial charge in [0.15, 0.2) is 4.32 Å². The molecule has 0 saturated carbocycles. The molecule has 1 rings (SSSR count). The second kappa shape index (κ2) is 3.91. The van der Waals surface area contributed by atoms with Gasteiger partial charge in [0.1, 0.15) is 5.76 Å². The Labute approximate surface area is 84.7 Å². The van der Waals surface area contributed by atoms with E-state index in [1.54, 1.807) is 12.3 Å². The predicted molar refractivity (Wildman–Crippen MR) is 52.1 cm³/mol. The maximum absolute atomic E-state index is 11.4. The third-order valence-corrected chi connectivity index (χ3v) is 2.73. The van der Waals surface area contributed by atoms with Crippen molar-refractivity contribution in [1.29, 1.82) is 0 Å². The zero-order chi connectivity index (χ0) is 9.90. The second-order valence-corrected chi connectivity index (χ2v) is 3.87. The smallest absolute Gasteiger partial charge is 0.332 e. The minimum Gasteiger partial charge on any atom is -0.499 e. The Kier molecular flexibility index (Phi) is 3.08. The van der Waals surface area contributed by atoms with E-state index in [1.807, 2.05) is 0 Å². The van der Waals surface area contributed by atoms with E-state index in [1.165, 1.54) is 14.2 Å². The van der Waals surface area contributed by atoms with Crippen molar-refractivity contribution in [2.45, 2.75) is 4.32 Å². The fourth-order valence-electron chi connectivity index (χ4n) is 1.07. The Bertz CT molecular complexity index is 275. The lowest BCUT2D eigenvalue weighted by Gasteiger charge is -2.26. The molecule has 72 valence electrons. The summed E-state index contributed by atoms with van der Waals surface area (Å²) >= 11 is 3.27. The lowest BCUT2D eigenvalue weighted by molar-refractivity contribution is -0.142. The minimum absolute atomic E-state index is 0.291. The Hall–Kier alpha value is -0.840. The van der Waals surface area contributed by atoms with Crippen molar-refractivity contribution in [3.8, 4) is 0 Å². The fourth-order valence-corrected chi connectivity index (χ4v) is 1.67. The molecule has 0 saturated heterocycles. The van der Waals surface area contributed by atoms with E-state index in [9.17, 15) is 4.79 Å². The van der Waals surface area contributed by atoms with Crippen LogP contribution in [0, 0.1) is 0 Å². The monoisotopic (exact) mass is 247 g/mol. The van der Waals surface area contributed by atoms with E-state index in [0.29, 0.717) is 12.3 Å². The van der Waals surface area contributed by atoms with Gasteiger partial charge in [0.25, 0.3) is 0 Å². The summed E-state index contributed by atoms with van der Waals surface area (Å²) < 4.78 is 8.74. The molecule has 1 aliphatic rings. The molecular formula is C8H10BrNO3. The number of dihydropyridines is 1. The Morgan fingerprint density at radius 1 is 1.69 bits per heavy atom. The summed E-state index contributed by atoms with van der Waals surface area (Å²) in [5, 5.41) is 0. The average Bonchev–Trinajstić information content (AvgIpc) is 2.17. The van der Waals surface area contributed by atoms with Crippen LogP contribution in [-0.2, 0) is 14.3 Å². The molecule has 0 aliphatic carbocycles. The quantitative estimate of drug-likeness (QED) is 0.539. The van der Waals surface area contributed by atoms with Gasteiger partial charge in [0, 0.05) is 6.21 Å². The van der Waals surface area contributed by atoms with Crippen LogP contribution in [0.25, 0.3) is 0 Å². The molecule has 1 unspecified atom stereocenters. The number of carbonyl (C=O) groups excluding carboxylic acids is 1. The van der Waals surface area contributed by atoms with Crippen molar-refractivity contribution in [2.24, 2.45) is 4.99 Å². The van der Waals surface area contributed by atoms with Gasteiger partial charge in [-0.2, -0.15) is 0 Å². The molecule has 0 bridgehead atoms. The normalized spacial score (nSPS) is 26.5. The summed E-state index contributed by atoms with van der Waals surface area (Å²) in [6, 6.07) is 0. The number of aliphatic imine (C=N–C) groups is 1. The molecule has 0 aromatic carbocycles. The SMILES string of the molecule is COC(=O)C1(Br)CN=CC=C1OC. The standard InChI is InChI=1S/C8H10BrNO3/c1-12-6-3-4-10-5-8(6,9)7(11)13-2/h3-4H,5H2,1-2H3. The van der Waals surface area contributed by atoms with Gasteiger partial charge in [-0.3, -0.25) is 4.99 Å². The second-order valence-electron chi connectivity index (χ2n) is 2.52. The van der Waals surface area contributed by atoms with Gasteiger partial charge in [-0.05, 0) is 6.08 Å². The number of halogens is 1. The number of methoxy groups -OCH3 is 2. The molecule has 0 aromatic heterocycles. The Morgan fingerprint density at radius 3 is 2.92 bits per heavy atom. The van der Waals surface area contributed by atoms with Gasteiger partial charge in [0.2, 0.25) is 0 Å². The highest BCUT2D eigenvalue weighted by Gasteiger charge is 2.43. The first kappa shape index (κ1) is 10.2. The number of nitrogens with zero attached hydrogens (tertiary/aromatic N) is 1. The number of esters is 1. The van der Waals surface area contributed by atoms with Crippen molar-refractivity contribution in [2.75, 3.05) is 20.8 Å². The van der Waals surface area contributed by atoms with Crippen LogP contribution in [0.3, 0.4) is 0 Å². The summed E-state index contributed by atoms with van der Waals surface area (Å²) in [6.07, 6.45) is 3.23. The number of rotatable bonds is 2. The third-order valence-electron chi connectivity index (χ3n) is 1.76. The molecule has 1 aliphatic heterocycles. The lowest BCUT2D eigenvalue weighted by atomic mass is 10.1. The molecule has 13 heavy (non-hydrogen) atoms. The van der Waals surface area contributed by atoms with Gasteiger partial charge in [-0.1, -0.05) is 15.9 Å². The zero-order valence-electron chi connectivity index (χ0n) is 7.41. The summed E-state index contributed by atoms with van der Waals surface area (Å²) in [5.41, 5.74) is 0. The topological polar surface area (TPSA) is 47.9 Å². The van der Waals surface area contributed by atoms with E-state index < -0.39 is 10.3 Å². The van der Waals surface area contributed by atoms with Crippen LogP contribution in [0.15, 0.2) is 16.8 Å². The van der Waals surface area contributed by atoms with Crippen molar-refractivity contribution in [3.63, 3.8) is 0 Å². The van der Waals surface area contributed by atoms with Crippen LogP contribution >= 0.6 is 15.9 Å². The lowest BCUT2D eigenvalue weighted by Crippen LogP contribution is -2.40. The first-order valence-corrected chi connectivity index (χ1v) is 4.46. The van der Waals surface area contributed by atoms with E-state index in [4.69, 9.17) is 4.74 Å².